The lowest BCUT2D eigenvalue weighted by atomic mass is 10.1. The highest BCUT2D eigenvalue weighted by atomic mass is 16.2. The third-order valence-corrected chi connectivity index (χ3v) is 3.56. The van der Waals surface area contributed by atoms with Crippen molar-refractivity contribution < 1.29 is 5.11 Å². The van der Waals surface area contributed by atoms with Gasteiger partial charge in [0.05, 0.1) is 0 Å². The van der Waals surface area contributed by atoms with Crippen LogP contribution in [0.5, 0.6) is 0 Å². The zero-order valence-electron chi connectivity index (χ0n) is 11.2. The number of aliphatic hydroxyl groups is 1. The maximum atomic E-state index is 8.72. The summed E-state index contributed by atoms with van der Waals surface area (Å²) in [4.78, 5) is 0. The summed E-state index contributed by atoms with van der Waals surface area (Å²) in [5, 5.41) is 10.1. The minimum atomic E-state index is 0.335. The molecule has 0 amide bonds. The minimum absolute atomic E-state index is 0.335. The van der Waals surface area contributed by atoms with Gasteiger partial charge in [-0.2, -0.15) is 0 Å². The molecule has 0 saturated carbocycles. The fraction of sp³-hybridized carbons (Fsp3) is 0.500. The van der Waals surface area contributed by atoms with Crippen LogP contribution in [0.3, 0.4) is 0 Å². The highest BCUT2D eigenvalue weighted by Gasteiger charge is 2.03. The molecule has 0 spiro atoms. The van der Waals surface area contributed by atoms with Crippen LogP contribution in [0.2, 0.25) is 0 Å². The summed E-state index contributed by atoms with van der Waals surface area (Å²) in [5.74, 6) is 0. The van der Waals surface area contributed by atoms with Crippen molar-refractivity contribution in [2.24, 2.45) is 0 Å². The number of fused-ring (bicyclic) bond motifs is 1. The fourth-order valence-electron chi connectivity index (χ4n) is 2.56. The van der Waals surface area contributed by atoms with E-state index in [2.05, 4.69) is 41.8 Å². The Bertz CT molecular complexity index is 487. The van der Waals surface area contributed by atoms with Crippen LogP contribution in [0.1, 0.15) is 37.8 Å². The van der Waals surface area contributed by atoms with Gasteiger partial charge in [-0.25, -0.2) is 0 Å². The first-order chi connectivity index (χ1) is 8.83. The van der Waals surface area contributed by atoms with Crippen LogP contribution in [0.4, 0.5) is 0 Å². The molecule has 0 saturated heterocycles. The van der Waals surface area contributed by atoms with Gasteiger partial charge in [0.25, 0.3) is 0 Å². The van der Waals surface area contributed by atoms with Gasteiger partial charge in [0, 0.05) is 24.4 Å². The van der Waals surface area contributed by atoms with E-state index in [9.17, 15) is 0 Å². The summed E-state index contributed by atoms with van der Waals surface area (Å²) in [7, 11) is 0. The third kappa shape index (κ3) is 3.14. The number of hydrogen-bond donors (Lipinski definition) is 1. The quantitative estimate of drug-likeness (QED) is 0.735. The van der Waals surface area contributed by atoms with Gasteiger partial charge in [-0.3, -0.25) is 0 Å². The number of aromatic nitrogens is 1. The molecule has 1 N–H and O–H groups in total. The fourth-order valence-corrected chi connectivity index (χ4v) is 2.56. The first-order valence-corrected chi connectivity index (χ1v) is 6.98. The lowest BCUT2D eigenvalue weighted by molar-refractivity contribution is 0.282. The van der Waals surface area contributed by atoms with Crippen molar-refractivity contribution in [3.63, 3.8) is 0 Å². The molecule has 0 fully saturated rings. The van der Waals surface area contributed by atoms with Crippen LogP contribution >= 0.6 is 0 Å². The number of aryl methyl sites for hydroxylation is 2. The summed E-state index contributed by atoms with van der Waals surface area (Å²) in [6.07, 6.45) is 5.82. The van der Waals surface area contributed by atoms with Crippen molar-refractivity contribution in [3.8, 4) is 0 Å². The van der Waals surface area contributed by atoms with Gasteiger partial charge in [0.2, 0.25) is 0 Å². The number of benzene rings is 1. The first kappa shape index (κ1) is 13.2. The van der Waals surface area contributed by atoms with E-state index < -0.39 is 0 Å². The summed E-state index contributed by atoms with van der Waals surface area (Å²) < 4.78 is 2.42. The standard InChI is InChI=1S/C16H23NO/c1-14-13-15-9-5-6-10-16(15)17(14)11-7-3-2-4-8-12-18/h5-6,9-10,13,18H,2-4,7-8,11-12H2,1H3. The second-order valence-electron chi connectivity index (χ2n) is 4.99. The SMILES string of the molecule is Cc1cc2ccccc2n1CCCCCCCO. The van der Waals surface area contributed by atoms with E-state index in [4.69, 9.17) is 5.11 Å². The van der Waals surface area contributed by atoms with E-state index in [-0.39, 0.29) is 0 Å². The van der Waals surface area contributed by atoms with E-state index in [1.165, 1.54) is 35.9 Å². The Labute approximate surface area is 109 Å². The molecule has 1 aromatic carbocycles. The highest BCUT2D eigenvalue weighted by Crippen LogP contribution is 2.20. The van der Waals surface area contributed by atoms with Crippen LogP contribution in [-0.4, -0.2) is 16.3 Å². The number of nitrogens with zero attached hydrogens (tertiary/aromatic N) is 1. The number of para-hydroxylation sites is 1. The summed E-state index contributed by atoms with van der Waals surface area (Å²) in [6.45, 7) is 3.63. The number of aliphatic hydroxyl groups excluding tert-OH is 1. The van der Waals surface area contributed by atoms with Crippen molar-refractivity contribution in [1.29, 1.82) is 0 Å². The summed E-state index contributed by atoms with van der Waals surface area (Å²) in [6, 6.07) is 10.9. The number of rotatable bonds is 7. The lowest BCUT2D eigenvalue weighted by Gasteiger charge is -2.08. The van der Waals surface area contributed by atoms with Crippen molar-refractivity contribution in [1.82, 2.24) is 4.57 Å². The molecule has 2 heteroatoms. The molecule has 0 radical (unpaired) electrons. The average Bonchev–Trinajstić information content (AvgIpc) is 2.70. The predicted molar refractivity (Wildman–Crippen MR) is 76.8 cm³/mol. The molecule has 0 atom stereocenters. The van der Waals surface area contributed by atoms with Crippen LogP contribution in [-0.2, 0) is 6.54 Å². The van der Waals surface area contributed by atoms with E-state index in [1.54, 1.807) is 0 Å². The molecule has 1 aromatic heterocycles. The average molecular weight is 245 g/mol. The molecular weight excluding hydrogens is 222 g/mol. The van der Waals surface area contributed by atoms with Crippen LogP contribution < -0.4 is 0 Å². The molecule has 1 heterocycles. The van der Waals surface area contributed by atoms with Crippen molar-refractivity contribution in [2.75, 3.05) is 6.61 Å². The summed E-state index contributed by atoms with van der Waals surface area (Å²) in [5.41, 5.74) is 2.71. The van der Waals surface area contributed by atoms with E-state index in [0.717, 1.165) is 19.4 Å². The smallest absolute Gasteiger partial charge is 0.0482 e. The van der Waals surface area contributed by atoms with Gasteiger partial charge in [-0.15, -0.1) is 0 Å². The molecule has 0 aliphatic carbocycles. The van der Waals surface area contributed by atoms with Gasteiger partial charge in [0.15, 0.2) is 0 Å². The topological polar surface area (TPSA) is 25.2 Å². The van der Waals surface area contributed by atoms with E-state index >= 15 is 0 Å². The Hall–Kier alpha value is -1.28. The van der Waals surface area contributed by atoms with Crippen molar-refractivity contribution in [3.05, 3.63) is 36.0 Å². The van der Waals surface area contributed by atoms with E-state index in [1.807, 2.05) is 0 Å². The Morgan fingerprint density at radius 2 is 1.72 bits per heavy atom. The van der Waals surface area contributed by atoms with Gasteiger partial charge in [0.1, 0.15) is 0 Å². The maximum Gasteiger partial charge on any atom is 0.0482 e. The summed E-state index contributed by atoms with van der Waals surface area (Å²) >= 11 is 0. The molecule has 0 aliphatic heterocycles. The Kier molecular flexibility index (Phi) is 4.82. The van der Waals surface area contributed by atoms with Crippen molar-refractivity contribution >= 4 is 10.9 Å². The van der Waals surface area contributed by atoms with Crippen LogP contribution in [0, 0.1) is 6.92 Å². The Morgan fingerprint density at radius 1 is 1.00 bits per heavy atom. The molecule has 18 heavy (non-hydrogen) atoms. The molecule has 0 aliphatic rings. The molecule has 98 valence electrons. The minimum Gasteiger partial charge on any atom is -0.396 e. The largest absolute Gasteiger partial charge is 0.396 e. The number of unbranched alkanes of at least 4 members (excludes halogenated alkanes) is 4. The van der Waals surface area contributed by atoms with Gasteiger partial charge in [-0.1, -0.05) is 37.5 Å². The van der Waals surface area contributed by atoms with E-state index in [0.29, 0.717) is 6.61 Å². The molecule has 0 bridgehead atoms. The third-order valence-electron chi connectivity index (χ3n) is 3.56. The molecule has 2 nitrogen and oxygen atoms in total. The Morgan fingerprint density at radius 3 is 2.56 bits per heavy atom. The predicted octanol–water partition coefficient (Wildman–Crippen LogP) is 3.89. The van der Waals surface area contributed by atoms with Crippen LogP contribution in [0.15, 0.2) is 30.3 Å². The first-order valence-electron chi connectivity index (χ1n) is 6.98. The van der Waals surface area contributed by atoms with Gasteiger partial charge in [-0.05, 0) is 37.3 Å². The highest BCUT2D eigenvalue weighted by molar-refractivity contribution is 5.81. The lowest BCUT2D eigenvalue weighted by Crippen LogP contribution is -1.99. The Balaban J connectivity index is 1.89. The molecular formula is C16H23NO. The molecule has 2 aromatic rings. The molecule has 2 rings (SSSR count). The van der Waals surface area contributed by atoms with Crippen molar-refractivity contribution in [2.45, 2.75) is 45.6 Å². The maximum absolute atomic E-state index is 8.72. The zero-order chi connectivity index (χ0) is 12.8. The van der Waals surface area contributed by atoms with Crippen LogP contribution in [0.25, 0.3) is 10.9 Å². The second kappa shape index (κ2) is 6.60. The monoisotopic (exact) mass is 245 g/mol. The normalized spacial score (nSPS) is 11.2. The van der Waals surface area contributed by atoms with Gasteiger partial charge < -0.3 is 9.67 Å². The zero-order valence-corrected chi connectivity index (χ0v) is 11.2. The number of hydrogen-bond acceptors (Lipinski definition) is 1. The second-order valence-corrected chi connectivity index (χ2v) is 4.99. The molecule has 0 unspecified atom stereocenters. The van der Waals surface area contributed by atoms with Gasteiger partial charge >= 0.3 is 0 Å².